The van der Waals surface area contributed by atoms with Gasteiger partial charge in [0.1, 0.15) is 0 Å². The summed E-state index contributed by atoms with van der Waals surface area (Å²) in [5.41, 5.74) is 1.42. The summed E-state index contributed by atoms with van der Waals surface area (Å²) in [4.78, 5) is 2.48. The fourth-order valence-electron chi connectivity index (χ4n) is 1.36. The third kappa shape index (κ3) is 2.93. The fraction of sp³-hybridized carbons (Fsp3) is 0.400. The van der Waals surface area contributed by atoms with Crippen LogP contribution < -0.4 is 0 Å². The van der Waals surface area contributed by atoms with E-state index in [-0.39, 0.29) is 0 Å². The van der Waals surface area contributed by atoms with Crippen LogP contribution in [-0.2, 0) is 6.54 Å². The van der Waals surface area contributed by atoms with Crippen LogP contribution >= 0.6 is 23.5 Å². The van der Waals surface area contributed by atoms with Crippen molar-refractivity contribution in [3.63, 3.8) is 0 Å². The molecule has 0 radical (unpaired) electrons. The van der Waals surface area contributed by atoms with Crippen molar-refractivity contribution in [3.8, 4) is 0 Å². The number of hydrogen-bond donors (Lipinski definition) is 0. The zero-order chi connectivity index (χ0) is 8.93. The van der Waals surface area contributed by atoms with Crippen LogP contribution in [0.3, 0.4) is 0 Å². The highest BCUT2D eigenvalue weighted by Gasteiger charge is 2.10. The van der Waals surface area contributed by atoms with E-state index in [0.717, 1.165) is 6.54 Å². The molecule has 1 nitrogen and oxygen atoms in total. The van der Waals surface area contributed by atoms with Gasteiger partial charge in [0, 0.05) is 23.4 Å². The van der Waals surface area contributed by atoms with Gasteiger partial charge in [0.25, 0.3) is 0 Å². The molecule has 13 heavy (non-hydrogen) atoms. The van der Waals surface area contributed by atoms with Crippen LogP contribution in [0.15, 0.2) is 30.3 Å². The summed E-state index contributed by atoms with van der Waals surface area (Å²) in [7, 11) is 0. The molecule has 0 bridgehead atoms. The maximum Gasteiger partial charge on any atom is 0.0464 e. The van der Waals surface area contributed by atoms with E-state index < -0.39 is 0 Å². The smallest absolute Gasteiger partial charge is 0.0464 e. The molecule has 1 saturated heterocycles. The van der Waals surface area contributed by atoms with Crippen molar-refractivity contribution in [2.75, 3.05) is 16.8 Å². The molecular formula is C10H13NS2. The first-order valence-electron chi connectivity index (χ1n) is 4.37. The Morgan fingerprint density at radius 2 is 1.77 bits per heavy atom. The monoisotopic (exact) mass is 211 g/mol. The molecule has 0 aromatic heterocycles. The minimum atomic E-state index is 1.10. The number of rotatable bonds is 2. The van der Waals surface area contributed by atoms with Gasteiger partial charge in [0.2, 0.25) is 0 Å². The Kier molecular flexibility index (Phi) is 3.58. The molecule has 0 saturated carbocycles. The van der Waals surface area contributed by atoms with Crippen molar-refractivity contribution < 1.29 is 0 Å². The van der Waals surface area contributed by atoms with Crippen LogP contribution in [0.2, 0.25) is 0 Å². The molecule has 70 valence electrons. The number of hydrogen-bond acceptors (Lipinski definition) is 3. The molecule has 0 spiro atoms. The molecule has 1 aliphatic rings. The van der Waals surface area contributed by atoms with Crippen LogP contribution in [0.5, 0.6) is 0 Å². The summed E-state index contributed by atoms with van der Waals surface area (Å²) in [6.45, 7) is 1.10. The Bertz CT molecular complexity index is 244. The first-order chi connectivity index (χ1) is 6.45. The maximum atomic E-state index is 2.48. The second-order valence-electron chi connectivity index (χ2n) is 3.10. The molecule has 0 atom stereocenters. The van der Waals surface area contributed by atoms with E-state index in [2.05, 4.69) is 35.2 Å². The van der Waals surface area contributed by atoms with Crippen LogP contribution in [-0.4, -0.2) is 21.7 Å². The molecule has 0 amide bonds. The summed E-state index contributed by atoms with van der Waals surface area (Å²) in [5.74, 6) is 2.36. The standard InChI is InChI=1S/C10H13NS2/c1-2-4-10(5-3-1)6-11-7-12-9-13-8-11/h1-5H,6-9H2. The molecule has 2 rings (SSSR count). The molecule has 1 aromatic rings. The van der Waals surface area contributed by atoms with Gasteiger partial charge >= 0.3 is 0 Å². The van der Waals surface area contributed by atoms with E-state index in [1.54, 1.807) is 0 Å². The van der Waals surface area contributed by atoms with Crippen LogP contribution in [0.1, 0.15) is 5.56 Å². The Labute approximate surface area is 87.9 Å². The molecule has 1 fully saturated rings. The largest absolute Gasteiger partial charge is 0.281 e. The lowest BCUT2D eigenvalue weighted by Gasteiger charge is -2.25. The normalized spacial score (nSPS) is 18.8. The second kappa shape index (κ2) is 4.94. The van der Waals surface area contributed by atoms with Gasteiger partial charge in [-0.25, -0.2) is 0 Å². The Balaban J connectivity index is 1.90. The molecule has 0 N–H and O–H groups in total. The Morgan fingerprint density at radius 3 is 2.46 bits per heavy atom. The first-order valence-corrected chi connectivity index (χ1v) is 6.68. The molecular weight excluding hydrogens is 198 g/mol. The van der Waals surface area contributed by atoms with Gasteiger partial charge in [-0.1, -0.05) is 30.3 Å². The minimum Gasteiger partial charge on any atom is -0.281 e. The molecule has 0 unspecified atom stereocenters. The van der Waals surface area contributed by atoms with E-state index in [1.807, 2.05) is 23.5 Å². The topological polar surface area (TPSA) is 3.24 Å². The second-order valence-corrected chi connectivity index (χ2v) is 5.37. The van der Waals surface area contributed by atoms with E-state index in [4.69, 9.17) is 0 Å². The van der Waals surface area contributed by atoms with Crippen molar-refractivity contribution >= 4 is 23.5 Å². The van der Waals surface area contributed by atoms with Crippen molar-refractivity contribution in [2.24, 2.45) is 0 Å². The van der Waals surface area contributed by atoms with Crippen LogP contribution in [0.25, 0.3) is 0 Å². The minimum absolute atomic E-state index is 1.10. The van der Waals surface area contributed by atoms with Crippen molar-refractivity contribution in [2.45, 2.75) is 6.54 Å². The fourth-order valence-corrected chi connectivity index (χ4v) is 3.43. The van der Waals surface area contributed by atoms with E-state index >= 15 is 0 Å². The molecule has 3 heteroatoms. The van der Waals surface area contributed by atoms with Gasteiger partial charge in [-0.2, -0.15) is 0 Å². The van der Waals surface area contributed by atoms with Crippen LogP contribution in [0.4, 0.5) is 0 Å². The van der Waals surface area contributed by atoms with Gasteiger partial charge in [0.05, 0.1) is 0 Å². The summed E-state index contributed by atoms with van der Waals surface area (Å²) < 4.78 is 0. The van der Waals surface area contributed by atoms with Gasteiger partial charge < -0.3 is 0 Å². The molecule has 1 aromatic carbocycles. The van der Waals surface area contributed by atoms with Crippen LogP contribution in [0, 0.1) is 0 Å². The van der Waals surface area contributed by atoms with E-state index in [9.17, 15) is 0 Å². The predicted molar refractivity (Wildman–Crippen MR) is 61.8 cm³/mol. The number of benzene rings is 1. The predicted octanol–water partition coefficient (Wildman–Crippen LogP) is 2.84. The summed E-state index contributed by atoms with van der Waals surface area (Å²) >= 11 is 4.02. The van der Waals surface area contributed by atoms with Crippen molar-refractivity contribution in [3.05, 3.63) is 35.9 Å². The van der Waals surface area contributed by atoms with Gasteiger partial charge in [-0.15, -0.1) is 23.5 Å². The summed E-state index contributed by atoms with van der Waals surface area (Å²) in [5, 5.41) is 1.26. The quantitative estimate of drug-likeness (QED) is 0.740. The third-order valence-electron chi connectivity index (χ3n) is 1.96. The summed E-state index contributed by atoms with van der Waals surface area (Å²) in [6, 6.07) is 10.7. The van der Waals surface area contributed by atoms with E-state index in [1.165, 1.54) is 22.4 Å². The Morgan fingerprint density at radius 1 is 1.08 bits per heavy atom. The zero-order valence-electron chi connectivity index (χ0n) is 7.48. The average Bonchev–Trinajstić information content (AvgIpc) is 2.21. The zero-order valence-corrected chi connectivity index (χ0v) is 9.11. The maximum absolute atomic E-state index is 2.48. The molecule has 1 heterocycles. The van der Waals surface area contributed by atoms with E-state index in [0.29, 0.717) is 0 Å². The van der Waals surface area contributed by atoms with Crippen molar-refractivity contribution in [1.29, 1.82) is 0 Å². The Hall–Kier alpha value is -0.120. The lowest BCUT2D eigenvalue weighted by Crippen LogP contribution is -2.25. The first kappa shape index (κ1) is 9.44. The number of nitrogens with zero attached hydrogens (tertiary/aromatic N) is 1. The average molecular weight is 211 g/mol. The van der Waals surface area contributed by atoms with Gasteiger partial charge in [-0.3, -0.25) is 4.90 Å². The van der Waals surface area contributed by atoms with Crippen molar-refractivity contribution in [1.82, 2.24) is 4.90 Å². The van der Waals surface area contributed by atoms with Gasteiger partial charge in [-0.05, 0) is 5.56 Å². The lowest BCUT2D eigenvalue weighted by molar-refractivity contribution is 0.369. The van der Waals surface area contributed by atoms with Gasteiger partial charge in [0.15, 0.2) is 0 Å². The highest BCUT2D eigenvalue weighted by atomic mass is 32.2. The third-order valence-corrected chi connectivity index (χ3v) is 4.39. The number of thioether (sulfide) groups is 2. The highest BCUT2D eigenvalue weighted by molar-refractivity contribution is 8.16. The lowest BCUT2D eigenvalue weighted by atomic mass is 10.2. The molecule has 0 aliphatic carbocycles. The summed E-state index contributed by atoms with van der Waals surface area (Å²) in [6.07, 6.45) is 0. The highest BCUT2D eigenvalue weighted by Crippen LogP contribution is 2.22. The molecule has 1 aliphatic heterocycles. The SMILES string of the molecule is c1ccc(CN2CSCSC2)cc1.